The zero-order valence-electron chi connectivity index (χ0n) is 14.6. The first-order valence-electron chi connectivity index (χ1n) is 8.29. The number of thiazole rings is 1. The third-order valence-electron chi connectivity index (χ3n) is 3.88. The van der Waals surface area contributed by atoms with Crippen molar-refractivity contribution >= 4 is 55.3 Å². The van der Waals surface area contributed by atoms with Crippen LogP contribution in [-0.4, -0.2) is 31.0 Å². The van der Waals surface area contributed by atoms with Crippen molar-refractivity contribution in [1.29, 1.82) is 0 Å². The number of fused-ring (bicyclic) bond motifs is 1. The molecule has 0 aliphatic rings. The minimum atomic E-state index is -3.66. The molecule has 2 N–H and O–H groups in total. The molecule has 0 bridgehead atoms. The summed E-state index contributed by atoms with van der Waals surface area (Å²) in [5, 5.41) is 4.80. The zero-order valence-corrected chi connectivity index (χ0v) is 17.1. The number of ether oxygens (including phenoxy) is 1. The predicted molar refractivity (Wildman–Crippen MR) is 110 cm³/mol. The van der Waals surface area contributed by atoms with Crippen LogP contribution in [0.4, 0.5) is 5.69 Å². The SMILES string of the molecule is CCOC(=O)c1csc(-c2cc3cccc(NS(=O)(=O)c4cccs4)c3[nH]2)n1. The summed E-state index contributed by atoms with van der Waals surface area (Å²) in [4.78, 5) is 19.3. The van der Waals surface area contributed by atoms with E-state index in [-0.39, 0.29) is 16.5 Å². The number of thiophene rings is 1. The van der Waals surface area contributed by atoms with Gasteiger partial charge < -0.3 is 9.72 Å². The fourth-order valence-corrected chi connectivity index (χ4v) is 5.49. The molecule has 0 fully saturated rings. The zero-order chi connectivity index (χ0) is 19.7. The van der Waals surface area contributed by atoms with Gasteiger partial charge in [0.25, 0.3) is 10.0 Å². The number of anilines is 1. The molecule has 0 unspecified atom stereocenters. The quantitative estimate of drug-likeness (QED) is 0.441. The maximum Gasteiger partial charge on any atom is 0.357 e. The van der Waals surface area contributed by atoms with Gasteiger partial charge in [0.15, 0.2) is 5.69 Å². The highest BCUT2D eigenvalue weighted by molar-refractivity contribution is 7.94. The van der Waals surface area contributed by atoms with E-state index >= 15 is 0 Å². The number of H-pyrrole nitrogens is 1. The number of hydrogen-bond donors (Lipinski definition) is 2. The van der Waals surface area contributed by atoms with Gasteiger partial charge in [-0.2, -0.15) is 0 Å². The van der Waals surface area contributed by atoms with Gasteiger partial charge in [-0.25, -0.2) is 18.2 Å². The Morgan fingerprint density at radius 3 is 2.86 bits per heavy atom. The topological polar surface area (TPSA) is 101 Å². The lowest BCUT2D eigenvalue weighted by atomic mass is 10.2. The van der Waals surface area contributed by atoms with Crippen LogP contribution < -0.4 is 4.72 Å². The molecule has 28 heavy (non-hydrogen) atoms. The minimum absolute atomic E-state index is 0.246. The van der Waals surface area contributed by atoms with E-state index in [1.54, 1.807) is 41.9 Å². The molecule has 3 heterocycles. The number of aromatic nitrogens is 2. The summed E-state index contributed by atoms with van der Waals surface area (Å²) in [6, 6.07) is 10.5. The molecule has 0 saturated heterocycles. The Bertz CT molecular complexity index is 1240. The van der Waals surface area contributed by atoms with Crippen molar-refractivity contribution in [2.24, 2.45) is 0 Å². The van der Waals surface area contributed by atoms with Crippen molar-refractivity contribution in [2.45, 2.75) is 11.1 Å². The first-order chi connectivity index (χ1) is 13.5. The summed E-state index contributed by atoms with van der Waals surface area (Å²) < 4.78 is 32.9. The summed E-state index contributed by atoms with van der Waals surface area (Å²) in [6.45, 7) is 2.02. The second-order valence-electron chi connectivity index (χ2n) is 5.75. The second-order valence-corrected chi connectivity index (χ2v) is 9.46. The Morgan fingerprint density at radius 1 is 1.25 bits per heavy atom. The summed E-state index contributed by atoms with van der Waals surface area (Å²) >= 11 is 2.46. The number of esters is 1. The molecule has 3 aromatic heterocycles. The van der Waals surface area contributed by atoms with Crippen LogP contribution in [0, 0.1) is 0 Å². The molecule has 4 rings (SSSR count). The Morgan fingerprint density at radius 2 is 2.11 bits per heavy atom. The summed E-state index contributed by atoms with van der Waals surface area (Å²) in [6.07, 6.45) is 0. The van der Waals surface area contributed by atoms with E-state index in [0.717, 1.165) is 16.7 Å². The molecule has 0 saturated carbocycles. The molecule has 10 heteroatoms. The van der Waals surface area contributed by atoms with Crippen molar-refractivity contribution < 1.29 is 17.9 Å². The maximum atomic E-state index is 12.5. The van der Waals surface area contributed by atoms with Gasteiger partial charge in [0.2, 0.25) is 0 Å². The lowest BCUT2D eigenvalue weighted by Crippen LogP contribution is -2.11. The number of sulfonamides is 1. The second kappa shape index (κ2) is 7.38. The largest absolute Gasteiger partial charge is 0.461 e. The highest BCUT2D eigenvalue weighted by atomic mass is 32.2. The molecule has 0 atom stereocenters. The van der Waals surface area contributed by atoms with Gasteiger partial charge in [-0.15, -0.1) is 22.7 Å². The molecule has 4 aromatic rings. The van der Waals surface area contributed by atoms with Crippen LogP contribution in [0.15, 0.2) is 51.4 Å². The van der Waals surface area contributed by atoms with Crippen molar-refractivity contribution in [3.8, 4) is 10.7 Å². The van der Waals surface area contributed by atoms with Crippen molar-refractivity contribution in [3.05, 3.63) is 52.9 Å². The van der Waals surface area contributed by atoms with Gasteiger partial charge in [0, 0.05) is 10.8 Å². The van der Waals surface area contributed by atoms with Crippen molar-refractivity contribution in [3.63, 3.8) is 0 Å². The molecular weight excluding hydrogens is 418 g/mol. The van der Waals surface area contributed by atoms with Gasteiger partial charge in [-0.05, 0) is 30.5 Å². The number of carbonyl (C=O) groups is 1. The number of hydrogen-bond acceptors (Lipinski definition) is 7. The summed E-state index contributed by atoms with van der Waals surface area (Å²) in [5.74, 6) is -0.467. The van der Waals surface area contributed by atoms with Crippen LogP contribution in [0.3, 0.4) is 0 Å². The van der Waals surface area contributed by atoms with Crippen LogP contribution in [0.25, 0.3) is 21.6 Å². The third-order valence-corrected chi connectivity index (χ3v) is 7.52. The Kier molecular flexibility index (Phi) is 4.92. The van der Waals surface area contributed by atoms with E-state index in [1.807, 2.05) is 12.1 Å². The monoisotopic (exact) mass is 433 g/mol. The van der Waals surface area contributed by atoms with Gasteiger partial charge in [0.1, 0.15) is 9.22 Å². The molecule has 144 valence electrons. The third kappa shape index (κ3) is 3.53. The first kappa shape index (κ1) is 18.7. The summed E-state index contributed by atoms with van der Waals surface area (Å²) in [7, 11) is -3.66. The number of rotatable bonds is 6. The lowest BCUT2D eigenvalue weighted by Gasteiger charge is -2.07. The van der Waals surface area contributed by atoms with Gasteiger partial charge >= 0.3 is 5.97 Å². The Labute approximate surface area is 169 Å². The molecule has 0 amide bonds. The predicted octanol–water partition coefficient (Wildman–Crippen LogP) is 4.33. The molecule has 7 nitrogen and oxygen atoms in total. The fraction of sp³-hybridized carbons (Fsp3) is 0.111. The molecule has 0 radical (unpaired) electrons. The van der Waals surface area contributed by atoms with Crippen molar-refractivity contribution in [2.75, 3.05) is 11.3 Å². The Hall–Kier alpha value is -2.69. The van der Waals surface area contributed by atoms with E-state index in [9.17, 15) is 13.2 Å². The number of nitrogens with zero attached hydrogens (tertiary/aromatic N) is 1. The lowest BCUT2D eigenvalue weighted by molar-refractivity contribution is 0.0520. The van der Waals surface area contributed by atoms with Gasteiger partial charge in [-0.3, -0.25) is 4.72 Å². The van der Waals surface area contributed by atoms with Crippen LogP contribution >= 0.6 is 22.7 Å². The number of nitrogens with one attached hydrogen (secondary N) is 2. The Balaban J connectivity index is 1.69. The fourth-order valence-electron chi connectivity index (χ4n) is 2.66. The molecule has 0 spiro atoms. The van der Waals surface area contributed by atoms with E-state index in [0.29, 0.717) is 21.9 Å². The van der Waals surface area contributed by atoms with Crippen LogP contribution in [0.2, 0.25) is 0 Å². The maximum absolute atomic E-state index is 12.5. The highest BCUT2D eigenvalue weighted by Crippen LogP contribution is 2.32. The van der Waals surface area contributed by atoms with Crippen LogP contribution in [0.1, 0.15) is 17.4 Å². The van der Waals surface area contributed by atoms with Gasteiger partial charge in [0.05, 0.1) is 23.5 Å². The normalized spacial score (nSPS) is 11.6. The average molecular weight is 434 g/mol. The number of para-hydroxylation sites is 1. The highest BCUT2D eigenvalue weighted by Gasteiger charge is 2.18. The first-order valence-corrected chi connectivity index (χ1v) is 11.5. The van der Waals surface area contributed by atoms with Crippen LogP contribution in [0.5, 0.6) is 0 Å². The van der Waals surface area contributed by atoms with E-state index in [2.05, 4.69) is 14.7 Å². The van der Waals surface area contributed by atoms with E-state index in [4.69, 9.17) is 4.74 Å². The van der Waals surface area contributed by atoms with Crippen LogP contribution in [-0.2, 0) is 14.8 Å². The van der Waals surface area contributed by atoms with E-state index in [1.165, 1.54) is 11.3 Å². The standard InChI is InChI=1S/C18H15N3O4S3/c1-2-25-18(22)14-10-27-17(20-14)13-9-11-5-3-6-12(16(11)19-13)21-28(23,24)15-7-4-8-26-15/h3-10,19,21H,2H2,1H3. The van der Waals surface area contributed by atoms with Crippen molar-refractivity contribution in [1.82, 2.24) is 9.97 Å². The van der Waals surface area contributed by atoms with Gasteiger partial charge in [-0.1, -0.05) is 18.2 Å². The molecule has 0 aliphatic heterocycles. The molecular formula is C18H15N3O4S3. The summed E-state index contributed by atoms with van der Waals surface area (Å²) in [5.41, 5.74) is 2.03. The molecule has 1 aromatic carbocycles. The van der Waals surface area contributed by atoms with E-state index < -0.39 is 16.0 Å². The minimum Gasteiger partial charge on any atom is -0.461 e. The number of carbonyl (C=O) groups excluding carboxylic acids is 1. The number of benzene rings is 1. The molecule has 0 aliphatic carbocycles. The smallest absolute Gasteiger partial charge is 0.357 e. The average Bonchev–Trinajstić information content (AvgIpc) is 3.40. The number of aromatic amines is 1.